The Labute approximate surface area is 302 Å². The number of hydrogen-bond donors (Lipinski definition) is 4. The third-order valence-electron chi connectivity index (χ3n) is 10.9. The summed E-state index contributed by atoms with van der Waals surface area (Å²) < 4.78 is 0. The molecule has 6 rings (SSSR count). The predicted octanol–water partition coefficient (Wildman–Crippen LogP) is 9.99. The molecule has 0 bridgehead atoms. The monoisotopic (exact) mass is 688 g/mol. The molecular formula is C42H64N4O4. The molecule has 3 aliphatic rings. The van der Waals surface area contributed by atoms with Crippen LogP contribution in [0.1, 0.15) is 154 Å². The van der Waals surface area contributed by atoms with E-state index in [0.29, 0.717) is 11.3 Å². The molecular weight excluding hydrogens is 624 g/mol. The number of fused-ring (bicyclic) bond motifs is 3. The lowest BCUT2D eigenvalue weighted by Gasteiger charge is -2.34. The van der Waals surface area contributed by atoms with Crippen molar-refractivity contribution in [3.8, 4) is 0 Å². The van der Waals surface area contributed by atoms with Crippen molar-refractivity contribution in [2.45, 2.75) is 138 Å². The first-order valence-corrected chi connectivity index (χ1v) is 16.6. The standard InChI is InChI=1S/C14H20N2O.C14H19NO2.C12H17NO.2CH4/c1-9(15)10-6-7-11-12(8-10)14(4,5)16(17)13(11,2)3;1-9(16)10-6-7-11-12(8-10)14(4,5)15(17)13(11,2)3;1-11(2)9-7-5-6-8-10(9)12(3,4)13(11)14;;/h6-8,17H,1,15H2,2-5H3;6-8,17H,1-5H3;5-8,14H,1-4H3;2*1H4. The Morgan fingerprint density at radius 2 is 0.780 bits per heavy atom. The van der Waals surface area contributed by atoms with Gasteiger partial charge in [0.05, 0.1) is 33.2 Å². The lowest BCUT2D eigenvalue weighted by Crippen LogP contribution is -2.42. The highest BCUT2D eigenvalue weighted by Gasteiger charge is 2.50. The second-order valence-electron chi connectivity index (χ2n) is 16.4. The van der Waals surface area contributed by atoms with Crippen LogP contribution < -0.4 is 5.73 Å². The molecule has 0 amide bonds. The minimum Gasteiger partial charge on any atom is -0.399 e. The molecule has 3 aromatic carbocycles. The van der Waals surface area contributed by atoms with Crippen LogP contribution in [0.25, 0.3) is 5.70 Å². The highest BCUT2D eigenvalue weighted by atomic mass is 16.5. The Morgan fingerprint density at radius 1 is 0.520 bits per heavy atom. The van der Waals surface area contributed by atoms with E-state index in [1.807, 2.05) is 132 Å². The number of carbonyl (C=O) groups is 1. The maximum atomic E-state index is 11.4. The van der Waals surface area contributed by atoms with Gasteiger partial charge in [0.25, 0.3) is 0 Å². The zero-order valence-electron chi connectivity index (χ0n) is 31.1. The number of carbonyl (C=O) groups excluding carboxylic acids is 1. The molecule has 0 radical (unpaired) electrons. The van der Waals surface area contributed by atoms with Gasteiger partial charge >= 0.3 is 0 Å². The maximum absolute atomic E-state index is 11.4. The summed E-state index contributed by atoms with van der Waals surface area (Å²) >= 11 is 0. The lowest BCUT2D eigenvalue weighted by atomic mass is 9.89. The van der Waals surface area contributed by atoms with Crippen molar-refractivity contribution in [2.75, 3.05) is 0 Å². The summed E-state index contributed by atoms with van der Waals surface area (Å²) in [6, 6.07) is 19.9. The van der Waals surface area contributed by atoms with Gasteiger partial charge in [0.15, 0.2) is 5.78 Å². The molecule has 0 atom stereocenters. The molecule has 8 nitrogen and oxygen atoms in total. The molecule has 0 unspecified atom stereocenters. The van der Waals surface area contributed by atoms with Gasteiger partial charge < -0.3 is 21.4 Å². The number of nitrogens with two attached hydrogens (primary N) is 1. The summed E-state index contributed by atoms with van der Waals surface area (Å²) in [5.41, 5.74) is 12.4. The Kier molecular flexibility index (Phi) is 11.7. The van der Waals surface area contributed by atoms with Crippen LogP contribution >= 0.6 is 0 Å². The molecule has 0 spiro atoms. The SMILES string of the molecule is C.C.C=C(N)c1ccc2c(c1)C(C)(C)N(O)C2(C)C.CC(=O)c1ccc2c(c1)C(C)(C)N(O)C2(C)C.CC1(C)c2ccccc2C(C)(C)N1O. The van der Waals surface area contributed by atoms with E-state index in [1.54, 1.807) is 6.92 Å². The second-order valence-corrected chi connectivity index (χ2v) is 16.4. The van der Waals surface area contributed by atoms with E-state index in [0.717, 1.165) is 27.8 Å². The smallest absolute Gasteiger partial charge is 0.159 e. The minimum absolute atomic E-state index is 0. The number of hydroxylamine groups is 6. The predicted molar refractivity (Wildman–Crippen MR) is 205 cm³/mol. The first-order chi connectivity index (χ1) is 21.8. The molecule has 0 aromatic heterocycles. The van der Waals surface area contributed by atoms with Gasteiger partial charge in [0.2, 0.25) is 0 Å². The van der Waals surface area contributed by atoms with E-state index in [2.05, 4.69) is 18.7 Å². The highest BCUT2D eigenvalue weighted by molar-refractivity contribution is 5.94. The van der Waals surface area contributed by atoms with Crippen molar-refractivity contribution in [3.63, 3.8) is 0 Å². The summed E-state index contributed by atoms with van der Waals surface area (Å²) in [7, 11) is 0. The van der Waals surface area contributed by atoms with Crippen LogP contribution in [0.3, 0.4) is 0 Å². The zero-order valence-corrected chi connectivity index (χ0v) is 31.1. The van der Waals surface area contributed by atoms with E-state index < -0.39 is 16.6 Å². The normalized spacial score (nSPS) is 21.0. The summed E-state index contributed by atoms with van der Waals surface area (Å²) in [5.74, 6) is 0.0535. The number of Topliss-reactive ketones (excluding diaryl/α,β-unsaturated/α-hetero) is 1. The van der Waals surface area contributed by atoms with Gasteiger partial charge in [0, 0.05) is 11.3 Å². The van der Waals surface area contributed by atoms with E-state index in [1.165, 1.54) is 26.3 Å². The molecule has 50 heavy (non-hydrogen) atoms. The van der Waals surface area contributed by atoms with E-state index >= 15 is 0 Å². The number of benzene rings is 3. The Hall–Kier alpha value is -3.37. The van der Waals surface area contributed by atoms with Gasteiger partial charge in [0.1, 0.15) is 0 Å². The molecule has 3 heterocycles. The molecule has 0 saturated carbocycles. The summed E-state index contributed by atoms with van der Waals surface area (Å²) in [4.78, 5) is 11.4. The topological polar surface area (TPSA) is 114 Å². The number of hydrogen-bond acceptors (Lipinski definition) is 8. The maximum Gasteiger partial charge on any atom is 0.159 e. The molecule has 5 N–H and O–H groups in total. The first kappa shape index (κ1) is 42.8. The van der Waals surface area contributed by atoms with E-state index in [9.17, 15) is 20.4 Å². The van der Waals surface area contributed by atoms with Crippen molar-refractivity contribution in [1.29, 1.82) is 0 Å². The van der Waals surface area contributed by atoms with Gasteiger partial charge in [-0.3, -0.25) is 4.79 Å². The molecule has 0 saturated heterocycles. The van der Waals surface area contributed by atoms with Gasteiger partial charge in [-0.25, -0.2) is 0 Å². The van der Waals surface area contributed by atoms with Crippen LogP contribution in [0.15, 0.2) is 67.2 Å². The van der Waals surface area contributed by atoms with Crippen molar-refractivity contribution >= 4 is 11.5 Å². The number of ketones is 1. The lowest BCUT2D eigenvalue weighted by molar-refractivity contribution is -0.216. The number of rotatable bonds is 2. The largest absolute Gasteiger partial charge is 0.399 e. The van der Waals surface area contributed by atoms with Crippen molar-refractivity contribution in [1.82, 2.24) is 15.2 Å². The van der Waals surface area contributed by atoms with E-state index in [-0.39, 0.29) is 37.3 Å². The summed E-state index contributed by atoms with van der Waals surface area (Å²) in [6.45, 7) is 29.4. The Bertz CT molecular complexity index is 1630. The van der Waals surface area contributed by atoms with Crippen LogP contribution in [-0.4, -0.2) is 36.6 Å². The van der Waals surface area contributed by atoms with Crippen molar-refractivity contribution < 1.29 is 20.4 Å². The third kappa shape index (κ3) is 6.58. The average molecular weight is 689 g/mol. The van der Waals surface area contributed by atoms with Crippen molar-refractivity contribution in [2.24, 2.45) is 5.73 Å². The first-order valence-electron chi connectivity index (χ1n) is 16.6. The molecule has 3 aliphatic heterocycles. The third-order valence-corrected chi connectivity index (χ3v) is 10.9. The average Bonchev–Trinajstić information content (AvgIpc) is 3.32. The molecule has 8 heteroatoms. The van der Waals surface area contributed by atoms with Crippen LogP contribution in [0.2, 0.25) is 0 Å². The molecule has 0 aliphatic carbocycles. The fraction of sp³-hybridized carbons (Fsp3) is 0.500. The van der Waals surface area contributed by atoms with Crippen LogP contribution in [0.4, 0.5) is 0 Å². The fourth-order valence-electron chi connectivity index (χ4n) is 7.92. The zero-order chi connectivity index (χ0) is 36.6. The van der Waals surface area contributed by atoms with Crippen LogP contribution in [-0.2, 0) is 33.2 Å². The Morgan fingerprint density at radius 3 is 1.08 bits per heavy atom. The molecule has 276 valence electrons. The summed E-state index contributed by atoms with van der Waals surface area (Å²) in [6.07, 6.45) is 0. The molecule has 3 aromatic rings. The van der Waals surface area contributed by atoms with E-state index in [4.69, 9.17) is 5.73 Å². The quantitative estimate of drug-likeness (QED) is 0.197. The Balaban J connectivity index is 0.000000256. The van der Waals surface area contributed by atoms with Crippen molar-refractivity contribution in [3.05, 3.63) is 112 Å². The molecule has 0 fully saturated rings. The fourth-order valence-corrected chi connectivity index (χ4v) is 7.92. The minimum atomic E-state index is -0.468. The number of nitrogens with zero attached hydrogens (tertiary/aromatic N) is 3. The van der Waals surface area contributed by atoms with Gasteiger partial charge in [-0.15, -0.1) is 0 Å². The summed E-state index contributed by atoms with van der Waals surface area (Å²) in [5, 5.41) is 35.0. The van der Waals surface area contributed by atoms with Crippen LogP contribution in [0, 0.1) is 0 Å². The van der Waals surface area contributed by atoms with Gasteiger partial charge in [-0.2, -0.15) is 15.2 Å². The highest BCUT2D eigenvalue weighted by Crippen LogP contribution is 2.50. The second kappa shape index (κ2) is 13.6. The van der Waals surface area contributed by atoms with Gasteiger partial charge in [-0.05, 0) is 141 Å². The van der Waals surface area contributed by atoms with Gasteiger partial charge in [-0.1, -0.05) is 70.0 Å². The van der Waals surface area contributed by atoms with Crippen LogP contribution in [0.5, 0.6) is 0 Å².